The summed E-state index contributed by atoms with van der Waals surface area (Å²) in [5.41, 5.74) is 2.83. The van der Waals surface area contributed by atoms with Gasteiger partial charge in [0.25, 0.3) is 5.91 Å². The van der Waals surface area contributed by atoms with Gasteiger partial charge >= 0.3 is 0 Å². The number of carbonyl (C=O) groups excluding carboxylic acids is 1. The number of aromatic nitrogens is 4. The van der Waals surface area contributed by atoms with Gasteiger partial charge in [0.15, 0.2) is 16.8 Å². The fourth-order valence-electron chi connectivity index (χ4n) is 5.11. The number of anilines is 1. The van der Waals surface area contributed by atoms with Crippen LogP contribution < -0.4 is 4.90 Å². The van der Waals surface area contributed by atoms with Gasteiger partial charge in [-0.25, -0.2) is 15.0 Å². The second-order valence-corrected chi connectivity index (χ2v) is 13.2. The summed E-state index contributed by atoms with van der Waals surface area (Å²) in [5, 5.41) is 16.3. The van der Waals surface area contributed by atoms with Crippen LogP contribution in [0.4, 0.5) is 10.1 Å². The molecule has 1 atom stereocenters. The van der Waals surface area contributed by atoms with Crippen molar-refractivity contribution >= 4 is 33.1 Å². The van der Waals surface area contributed by atoms with E-state index in [1.165, 1.54) is 4.68 Å². The minimum absolute atomic E-state index is 0.0470. The number of unbranched alkanes of at least 4 members (excludes halogenated alkanes) is 1. The van der Waals surface area contributed by atoms with Crippen LogP contribution in [0.15, 0.2) is 46.5 Å². The molecule has 1 aromatic carbocycles. The number of rotatable bonds is 14. The van der Waals surface area contributed by atoms with Crippen molar-refractivity contribution in [2.24, 2.45) is 16.8 Å². The molecule has 0 aliphatic carbocycles. The number of allylic oxidation sites excluding steroid dienone is 2. The Morgan fingerprint density at radius 1 is 1.02 bits per heavy atom. The quantitative estimate of drug-likeness (QED) is 0.184. The van der Waals surface area contributed by atoms with Crippen LogP contribution in [-0.2, 0) is 0 Å². The molecule has 1 aliphatic heterocycles. The summed E-state index contributed by atoms with van der Waals surface area (Å²) in [4.78, 5) is 30.9. The molecule has 228 valence electrons. The normalized spacial score (nSPS) is 15.0. The van der Waals surface area contributed by atoms with Crippen molar-refractivity contribution < 1.29 is 4.79 Å². The van der Waals surface area contributed by atoms with Crippen molar-refractivity contribution in [3.05, 3.63) is 53.1 Å². The van der Waals surface area contributed by atoms with E-state index in [-0.39, 0.29) is 11.5 Å². The van der Waals surface area contributed by atoms with Crippen LogP contribution in [0.2, 0.25) is 0 Å². The van der Waals surface area contributed by atoms with Gasteiger partial charge in [0.1, 0.15) is 28.0 Å². The number of benzene rings is 1. The molecular weight excluding hydrogens is 554 g/mol. The number of nitrogens with zero attached hydrogens (tertiary/aromatic N) is 7. The first-order chi connectivity index (χ1) is 20.7. The predicted octanol–water partition coefficient (Wildman–Crippen LogP) is 8.60. The molecule has 4 rings (SSSR count). The molecule has 9 heteroatoms. The molecule has 0 N–H and O–H groups in total. The highest BCUT2D eigenvalue weighted by Gasteiger charge is 2.34. The van der Waals surface area contributed by atoms with Crippen LogP contribution in [0.5, 0.6) is 0 Å². The maximum Gasteiger partial charge on any atom is 0.291 e. The average Bonchev–Trinajstić information content (AvgIpc) is 3.61. The van der Waals surface area contributed by atoms with Crippen LogP contribution in [-0.4, -0.2) is 44.5 Å². The molecule has 0 saturated carbocycles. The topological polar surface area (TPSA) is 100 Å². The van der Waals surface area contributed by atoms with Crippen LogP contribution >= 0.6 is 11.3 Å². The Morgan fingerprint density at radius 3 is 2.28 bits per heavy atom. The average molecular weight is 600 g/mol. The standard InChI is InChI=1S/C34H45N7OS/c1-8-10-14-25(9-2)30-38-31-28(24(7)27(21-35)33(42)41(31)39-30)36-32-29(26-15-12-11-13-16-26)37-34(43-32)40(19-17-22(3)4)20-18-23(5)6/h11-13,15-16,22-23,25H,8-10,14,17-20H2,1-7H3/b36-28-. The summed E-state index contributed by atoms with van der Waals surface area (Å²) in [6, 6.07) is 12.2. The first-order valence-electron chi connectivity index (χ1n) is 15.7. The Kier molecular flexibility index (Phi) is 11.0. The van der Waals surface area contributed by atoms with Gasteiger partial charge in [-0.15, -0.1) is 5.10 Å². The molecule has 1 aliphatic rings. The van der Waals surface area contributed by atoms with Crippen molar-refractivity contribution in [2.45, 2.75) is 92.9 Å². The predicted molar refractivity (Wildman–Crippen MR) is 176 cm³/mol. The van der Waals surface area contributed by atoms with E-state index >= 15 is 0 Å². The monoisotopic (exact) mass is 599 g/mol. The second kappa shape index (κ2) is 14.7. The zero-order chi connectivity index (χ0) is 31.1. The molecule has 1 unspecified atom stereocenters. The molecule has 43 heavy (non-hydrogen) atoms. The molecule has 0 amide bonds. The first kappa shape index (κ1) is 32.3. The van der Waals surface area contributed by atoms with Crippen molar-refractivity contribution in [3.63, 3.8) is 0 Å². The van der Waals surface area contributed by atoms with Gasteiger partial charge in [-0.3, -0.25) is 4.79 Å². The molecule has 0 saturated heterocycles. The third-order valence-electron chi connectivity index (χ3n) is 7.93. The number of hydrogen-bond donors (Lipinski definition) is 0. The van der Waals surface area contributed by atoms with E-state index in [1.54, 1.807) is 18.3 Å². The zero-order valence-corrected chi connectivity index (χ0v) is 27.5. The Labute approximate surface area is 260 Å². The number of fused-ring (bicyclic) bond motifs is 1. The summed E-state index contributed by atoms with van der Waals surface area (Å²) in [5.74, 6) is 1.90. The smallest absolute Gasteiger partial charge is 0.291 e. The summed E-state index contributed by atoms with van der Waals surface area (Å²) in [7, 11) is 0. The van der Waals surface area contributed by atoms with Crippen LogP contribution in [0.25, 0.3) is 11.3 Å². The highest BCUT2D eigenvalue weighted by Crippen LogP contribution is 2.41. The minimum atomic E-state index is -0.445. The highest BCUT2D eigenvalue weighted by molar-refractivity contribution is 7.19. The Balaban J connectivity index is 1.88. The fraction of sp³-hybridized carbons (Fsp3) is 0.529. The lowest BCUT2D eigenvalue weighted by Gasteiger charge is -2.23. The number of nitriles is 1. The third kappa shape index (κ3) is 7.48. The Bertz CT molecular complexity index is 1490. The van der Waals surface area contributed by atoms with Crippen LogP contribution in [0.1, 0.15) is 109 Å². The molecule has 8 nitrogen and oxygen atoms in total. The van der Waals surface area contributed by atoms with Crippen LogP contribution in [0.3, 0.4) is 0 Å². The minimum Gasteiger partial charge on any atom is -0.348 e. The molecule has 0 fully saturated rings. The number of carbonyl (C=O) groups is 1. The van der Waals surface area contributed by atoms with Crippen LogP contribution in [0, 0.1) is 23.2 Å². The zero-order valence-electron chi connectivity index (χ0n) is 26.7. The van der Waals surface area contributed by atoms with E-state index in [0.29, 0.717) is 34.8 Å². The second-order valence-electron chi connectivity index (χ2n) is 12.2. The molecule has 2 aromatic heterocycles. The summed E-state index contributed by atoms with van der Waals surface area (Å²) < 4.78 is 1.29. The van der Waals surface area contributed by atoms with Gasteiger partial charge in [0, 0.05) is 30.1 Å². The number of thiazole rings is 1. The van der Waals surface area contributed by atoms with Gasteiger partial charge in [-0.1, -0.05) is 96.1 Å². The summed E-state index contributed by atoms with van der Waals surface area (Å²) >= 11 is 1.55. The molecule has 0 radical (unpaired) electrons. The van der Waals surface area contributed by atoms with Gasteiger partial charge in [0.2, 0.25) is 0 Å². The first-order valence-corrected chi connectivity index (χ1v) is 16.5. The lowest BCUT2D eigenvalue weighted by atomic mass is 9.98. The fourth-order valence-corrected chi connectivity index (χ4v) is 6.13. The number of hydrogen-bond acceptors (Lipinski definition) is 8. The van der Waals surface area contributed by atoms with E-state index < -0.39 is 5.91 Å². The molecule has 0 spiro atoms. The molecule has 3 heterocycles. The number of aliphatic imine (C=N–C) groups is 1. The van der Waals surface area contributed by atoms with Gasteiger partial charge in [-0.05, 0) is 44.4 Å². The highest BCUT2D eigenvalue weighted by atomic mass is 32.1. The summed E-state index contributed by atoms with van der Waals surface area (Å²) in [6.07, 6.45) is 6.11. The largest absolute Gasteiger partial charge is 0.348 e. The van der Waals surface area contributed by atoms with Gasteiger partial charge < -0.3 is 4.90 Å². The molecular formula is C34H45N7OS. The Morgan fingerprint density at radius 2 is 1.70 bits per heavy atom. The van der Waals surface area contributed by atoms with E-state index in [1.807, 2.05) is 30.3 Å². The summed E-state index contributed by atoms with van der Waals surface area (Å²) in [6.45, 7) is 16.9. The molecule has 0 bridgehead atoms. The lowest BCUT2D eigenvalue weighted by Crippen LogP contribution is -2.28. The third-order valence-corrected chi connectivity index (χ3v) is 8.94. The SMILES string of the molecule is CCCCC(CC)c1nc2n(n1)C(=O)C(C#N)=C(C)/C2=N/c1sc(N(CCC(C)C)CCC(C)C)nc1-c1ccccc1. The van der Waals surface area contributed by atoms with Crippen molar-refractivity contribution in [3.8, 4) is 17.3 Å². The van der Waals surface area contributed by atoms with Gasteiger partial charge in [0.05, 0.1) is 0 Å². The van der Waals surface area contributed by atoms with E-state index in [0.717, 1.165) is 73.0 Å². The van der Waals surface area contributed by atoms with Crippen molar-refractivity contribution in [2.75, 3.05) is 18.0 Å². The van der Waals surface area contributed by atoms with Crippen molar-refractivity contribution in [1.29, 1.82) is 5.26 Å². The maximum absolute atomic E-state index is 13.3. The van der Waals surface area contributed by atoms with E-state index in [9.17, 15) is 10.1 Å². The molecule has 3 aromatic rings. The van der Waals surface area contributed by atoms with E-state index in [4.69, 9.17) is 15.0 Å². The van der Waals surface area contributed by atoms with Crippen molar-refractivity contribution in [1.82, 2.24) is 19.7 Å². The van der Waals surface area contributed by atoms with E-state index in [2.05, 4.69) is 57.6 Å². The van der Waals surface area contributed by atoms with Gasteiger partial charge in [-0.2, -0.15) is 9.94 Å². The lowest BCUT2D eigenvalue weighted by molar-refractivity contribution is 0.0941. The maximum atomic E-state index is 13.3. The Hall–Kier alpha value is -3.64.